The van der Waals surface area contributed by atoms with E-state index < -0.39 is 6.04 Å². The summed E-state index contributed by atoms with van der Waals surface area (Å²) in [5.41, 5.74) is 1.65. The highest BCUT2D eigenvalue weighted by molar-refractivity contribution is 6.21. The molecule has 1 atom stereocenters. The normalized spacial score (nSPS) is 18.7. The number of piperazine rings is 1. The molecule has 0 aromatic heterocycles. The van der Waals surface area contributed by atoms with Gasteiger partial charge in [0.05, 0.1) is 12.2 Å². The Labute approximate surface area is 167 Å². The van der Waals surface area contributed by atoms with E-state index in [1.165, 1.54) is 21.6 Å². The van der Waals surface area contributed by atoms with Crippen LogP contribution in [0.5, 0.6) is 0 Å². The number of fused-ring (bicyclic) bond motifs is 1. The predicted octanol–water partition coefficient (Wildman–Crippen LogP) is 2.57. The topological polar surface area (TPSA) is 90.0 Å². The minimum absolute atomic E-state index is 0.0496. The number of nitrogens with one attached hydrogen (secondary N) is 1. The van der Waals surface area contributed by atoms with Crippen molar-refractivity contribution in [3.05, 3.63) is 60.2 Å². The van der Waals surface area contributed by atoms with Crippen LogP contribution in [0, 0.1) is 0 Å². The average Bonchev–Trinajstić information content (AvgIpc) is 2.99. The van der Waals surface area contributed by atoms with Crippen molar-refractivity contribution in [3.63, 3.8) is 0 Å². The van der Waals surface area contributed by atoms with Gasteiger partial charge in [-0.1, -0.05) is 18.2 Å². The minimum atomic E-state index is -0.692. The molecule has 2 aliphatic heterocycles. The van der Waals surface area contributed by atoms with E-state index in [4.69, 9.17) is 0 Å². The van der Waals surface area contributed by atoms with Gasteiger partial charge in [-0.25, -0.2) is 14.5 Å². The van der Waals surface area contributed by atoms with Gasteiger partial charge in [-0.15, -0.1) is 0 Å². The Balaban J connectivity index is 1.45. The molecule has 148 valence electrons. The summed E-state index contributed by atoms with van der Waals surface area (Å²) < 4.78 is 0. The van der Waals surface area contributed by atoms with Gasteiger partial charge in [0.2, 0.25) is 0 Å². The summed E-state index contributed by atoms with van der Waals surface area (Å²) in [6.07, 6.45) is 0. The highest BCUT2D eigenvalue weighted by atomic mass is 16.2. The number of anilines is 2. The van der Waals surface area contributed by atoms with Crippen molar-refractivity contribution in [2.24, 2.45) is 0 Å². The molecule has 2 heterocycles. The van der Waals surface area contributed by atoms with Gasteiger partial charge in [-0.2, -0.15) is 0 Å². The largest absolute Gasteiger partial charge is 0.332 e. The highest BCUT2D eigenvalue weighted by Gasteiger charge is 2.48. The van der Waals surface area contributed by atoms with Crippen LogP contribution in [0.3, 0.4) is 0 Å². The second kappa shape index (κ2) is 7.38. The van der Waals surface area contributed by atoms with E-state index in [0.29, 0.717) is 23.5 Å². The van der Waals surface area contributed by atoms with E-state index in [0.717, 1.165) is 0 Å². The van der Waals surface area contributed by atoms with Gasteiger partial charge < -0.3 is 15.1 Å². The van der Waals surface area contributed by atoms with Gasteiger partial charge in [-0.3, -0.25) is 9.59 Å². The quantitative estimate of drug-likeness (QED) is 0.642. The standard InChI is InChI=1S/C21H20N4O4/c1-14(26)15-7-9-16(10-8-15)22-20(28)23-11-12-24-18(13-23)19(27)25(21(24)29)17-5-3-2-4-6-17/h2-10,18H,11-13H2,1H3,(H,22,28). The van der Waals surface area contributed by atoms with Crippen LogP contribution in [-0.2, 0) is 4.79 Å². The minimum Gasteiger partial charge on any atom is -0.320 e. The number of benzene rings is 2. The zero-order chi connectivity index (χ0) is 20.5. The Morgan fingerprint density at radius 3 is 2.31 bits per heavy atom. The summed E-state index contributed by atoms with van der Waals surface area (Å²) in [6.45, 7) is 2.22. The molecule has 0 radical (unpaired) electrons. The number of ketones is 1. The molecule has 2 saturated heterocycles. The fourth-order valence-electron chi connectivity index (χ4n) is 3.58. The summed E-state index contributed by atoms with van der Waals surface area (Å²) in [7, 11) is 0. The Bertz CT molecular complexity index is 974. The van der Waals surface area contributed by atoms with Gasteiger partial charge in [-0.05, 0) is 43.3 Å². The number of urea groups is 2. The van der Waals surface area contributed by atoms with Crippen molar-refractivity contribution in [3.8, 4) is 0 Å². The lowest BCUT2D eigenvalue weighted by atomic mass is 10.1. The van der Waals surface area contributed by atoms with Crippen LogP contribution < -0.4 is 10.2 Å². The van der Waals surface area contributed by atoms with E-state index in [9.17, 15) is 19.2 Å². The number of carbonyl (C=O) groups is 4. The van der Waals surface area contributed by atoms with Gasteiger partial charge >= 0.3 is 12.1 Å². The molecule has 4 rings (SSSR count). The molecule has 2 aliphatic rings. The van der Waals surface area contributed by atoms with Gasteiger partial charge in [0.25, 0.3) is 5.91 Å². The Morgan fingerprint density at radius 1 is 0.966 bits per heavy atom. The van der Waals surface area contributed by atoms with Crippen molar-refractivity contribution in [1.82, 2.24) is 9.80 Å². The number of carbonyl (C=O) groups excluding carboxylic acids is 4. The van der Waals surface area contributed by atoms with Crippen molar-refractivity contribution >= 4 is 35.1 Å². The fraction of sp³-hybridized carbons (Fsp3) is 0.238. The first-order valence-electron chi connectivity index (χ1n) is 9.32. The van der Waals surface area contributed by atoms with Crippen molar-refractivity contribution in [2.45, 2.75) is 13.0 Å². The van der Waals surface area contributed by atoms with Gasteiger partial charge in [0.1, 0.15) is 6.04 Å². The first kappa shape index (κ1) is 18.7. The molecule has 0 spiro atoms. The maximum Gasteiger partial charge on any atom is 0.332 e. The summed E-state index contributed by atoms with van der Waals surface area (Å²) in [4.78, 5) is 53.7. The van der Waals surface area contributed by atoms with Crippen molar-refractivity contribution in [1.29, 1.82) is 0 Å². The number of hydrogen-bond acceptors (Lipinski definition) is 4. The molecule has 0 aliphatic carbocycles. The van der Waals surface area contributed by atoms with Crippen LogP contribution in [0.4, 0.5) is 21.0 Å². The maximum absolute atomic E-state index is 12.9. The lowest BCUT2D eigenvalue weighted by molar-refractivity contribution is -0.120. The summed E-state index contributed by atoms with van der Waals surface area (Å²) in [6, 6.07) is 14.0. The van der Waals surface area contributed by atoms with E-state index in [2.05, 4.69) is 5.32 Å². The molecule has 1 N–H and O–H groups in total. The highest BCUT2D eigenvalue weighted by Crippen LogP contribution is 2.27. The zero-order valence-corrected chi connectivity index (χ0v) is 15.9. The molecule has 1 unspecified atom stereocenters. The smallest absolute Gasteiger partial charge is 0.320 e. The number of para-hydroxylation sites is 1. The number of amides is 5. The second-order valence-electron chi connectivity index (χ2n) is 7.01. The average molecular weight is 392 g/mol. The van der Waals surface area contributed by atoms with E-state index in [1.54, 1.807) is 48.5 Å². The molecule has 8 heteroatoms. The lowest BCUT2D eigenvalue weighted by Crippen LogP contribution is -2.55. The first-order chi connectivity index (χ1) is 14.0. The Morgan fingerprint density at radius 2 is 1.66 bits per heavy atom. The second-order valence-corrected chi connectivity index (χ2v) is 7.01. The van der Waals surface area contributed by atoms with Crippen LogP contribution in [0.15, 0.2) is 54.6 Å². The van der Waals surface area contributed by atoms with Crippen molar-refractivity contribution < 1.29 is 19.2 Å². The summed E-state index contributed by atoms with van der Waals surface area (Å²) in [5, 5.41) is 2.77. The van der Waals surface area contributed by atoms with Crippen LogP contribution in [0.1, 0.15) is 17.3 Å². The first-order valence-corrected chi connectivity index (χ1v) is 9.32. The van der Waals surface area contributed by atoms with Gasteiger partial charge in [0.15, 0.2) is 5.78 Å². The zero-order valence-electron chi connectivity index (χ0n) is 15.9. The molecule has 2 fully saturated rings. The number of imide groups is 1. The third-order valence-corrected chi connectivity index (χ3v) is 5.17. The molecule has 29 heavy (non-hydrogen) atoms. The van der Waals surface area contributed by atoms with Crippen LogP contribution in [0.2, 0.25) is 0 Å². The van der Waals surface area contributed by atoms with E-state index in [-0.39, 0.29) is 36.8 Å². The molecule has 2 aromatic carbocycles. The van der Waals surface area contributed by atoms with Crippen molar-refractivity contribution in [2.75, 3.05) is 29.9 Å². The molecular weight excluding hydrogens is 372 g/mol. The summed E-state index contributed by atoms with van der Waals surface area (Å²) >= 11 is 0. The predicted molar refractivity (Wildman–Crippen MR) is 107 cm³/mol. The maximum atomic E-state index is 12.9. The number of hydrogen-bond donors (Lipinski definition) is 1. The van der Waals surface area contributed by atoms with E-state index in [1.807, 2.05) is 6.07 Å². The van der Waals surface area contributed by atoms with Crippen LogP contribution in [0.25, 0.3) is 0 Å². The molecule has 2 aromatic rings. The van der Waals surface area contributed by atoms with Crippen LogP contribution in [-0.4, -0.2) is 59.2 Å². The fourth-order valence-corrected chi connectivity index (χ4v) is 3.58. The van der Waals surface area contributed by atoms with Gasteiger partial charge in [0, 0.05) is 24.3 Å². The number of rotatable bonds is 3. The third kappa shape index (κ3) is 3.44. The Kier molecular flexibility index (Phi) is 4.75. The van der Waals surface area contributed by atoms with Crippen LogP contribution >= 0.6 is 0 Å². The SMILES string of the molecule is CC(=O)c1ccc(NC(=O)N2CCN3C(=O)N(c4ccccc4)C(=O)C3C2)cc1. The monoisotopic (exact) mass is 392 g/mol. The molecule has 0 saturated carbocycles. The molecule has 5 amide bonds. The molecule has 0 bridgehead atoms. The lowest BCUT2D eigenvalue weighted by Gasteiger charge is -2.35. The summed E-state index contributed by atoms with van der Waals surface area (Å²) in [5.74, 6) is -0.379. The third-order valence-electron chi connectivity index (χ3n) is 5.17. The number of nitrogens with zero attached hydrogens (tertiary/aromatic N) is 3. The number of Topliss-reactive ketones (excluding diaryl/α,β-unsaturated/α-hetero) is 1. The molecular formula is C21H20N4O4. The molecule has 8 nitrogen and oxygen atoms in total. The van der Waals surface area contributed by atoms with E-state index >= 15 is 0 Å². The Hall–Kier alpha value is -3.68.